The highest BCUT2D eigenvalue weighted by Crippen LogP contribution is 2.31. The Hall–Kier alpha value is -3.57. The predicted molar refractivity (Wildman–Crippen MR) is 114 cm³/mol. The second kappa shape index (κ2) is 8.84. The first kappa shape index (κ1) is 19.7. The minimum atomic E-state index is -0.0380. The Morgan fingerprint density at radius 2 is 2.00 bits per heavy atom. The molecule has 4 aromatic rings. The number of fused-ring (bicyclic) bond motifs is 1. The lowest BCUT2D eigenvalue weighted by molar-refractivity contribution is 0.102. The molecule has 0 unspecified atom stereocenters. The third-order valence-electron chi connectivity index (χ3n) is 4.62. The summed E-state index contributed by atoms with van der Waals surface area (Å²) in [7, 11) is 1.58. The fraction of sp³-hybridized carbons (Fsp3) is 0.182. The Morgan fingerprint density at radius 3 is 2.83 bits per heavy atom. The summed E-state index contributed by atoms with van der Waals surface area (Å²) >= 11 is 1.20. The highest BCUT2D eigenvalue weighted by molar-refractivity contribution is 7.99. The zero-order valence-corrected chi connectivity index (χ0v) is 17.1. The molecule has 150 valence electrons. The van der Waals surface area contributed by atoms with E-state index in [4.69, 9.17) is 14.4 Å². The van der Waals surface area contributed by atoms with Crippen LogP contribution in [-0.4, -0.2) is 33.4 Å². The Labute approximate surface area is 177 Å². The lowest BCUT2D eigenvalue weighted by atomic mass is 10.1. The Morgan fingerprint density at radius 1 is 1.20 bits per heavy atom. The number of para-hydroxylation sites is 2. The van der Waals surface area contributed by atoms with Crippen LogP contribution < -0.4 is 4.74 Å². The van der Waals surface area contributed by atoms with Crippen molar-refractivity contribution >= 4 is 28.4 Å². The van der Waals surface area contributed by atoms with E-state index >= 15 is 0 Å². The maximum Gasteiger partial charge on any atom is 0.277 e. The van der Waals surface area contributed by atoms with Crippen LogP contribution >= 0.6 is 11.8 Å². The minimum absolute atomic E-state index is 0.0380. The van der Waals surface area contributed by atoms with E-state index in [-0.39, 0.29) is 11.5 Å². The quantitative estimate of drug-likeness (QED) is 0.305. The predicted octanol–water partition coefficient (Wildman–Crippen LogP) is 4.59. The van der Waals surface area contributed by atoms with Crippen LogP contribution in [0, 0.1) is 11.3 Å². The van der Waals surface area contributed by atoms with Crippen molar-refractivity contribution in [2.45, 2.75) is 18.2 Å². The smallest absolute Gasteiger partial charge is 0.277 e. The van der Waals surface area contributed by atoms with E-state index in [1.165, 1.54) is 11.8 Å². The number of hydrogen-bond acceptors (Lipinski definition) is 7. The maximum absolute atomic E-state index is 12.9. The number of rotatable bonds is 8. The van der Waals surface area contributed by atoms with Crippen LogP contribution in [0.5, 0.6) is 5.75 Å². The summed E-state index contributed by atoms with van der Waals surface area (Å²) in [6.07, 6.45) is 2.20. The van der Waals surface area contributed by atoms with Crippen molar-refractivity contribution in [3.63, 3.8) is 0 Å². The third kappa shape index (κ3) is 3.93. The number of carbonyl (C=O) groups excluding carboxylic acids is 1. The van der Waals surface area contributed by atoms with Crippen molar-refractivity contribution in [1.29, 1.82) is 5.26 Å². The number of carbonyl (C=O) groups is 1. The average molecular weight is 418 g/mol. The summed E-state index contributed by atoms with van der Waals surface area (Å²) in [6, 6.07) is 17.2. The average Bonchev–Trinajstić information content (AvgIpc) is 3.41. The first-order valence-electron chi connectivity index (χ1n) is 9.29. The molecule has 0 amide bonds. The molecular formula is C22H18N4O3S. The van der Waals surface area contributed by atoms with Crippen molar-refractivity contribution in [1.82, 2.24) is 14.8 Å². The van der Waals surface area contributed by atoms with Gasteiger partial charge in [0.2, 0.25) is 0 Å². The van der Waals surface area contributed by atoms with Gasteiger partial charge in [-0.15, -0.1) is 10.2 Å². The molecule has 2 aromatic carbocycles. The minimum Gasteiger partial charge on any atom is -0.496 e. The topological polar surface area (TPSA) is 93.9 Å². The van der Waals surface area contributed by atoms with E-state index in [1.807, 2.05) is 59.3 Å². The van der Waals surface area contributed by atoms with E-state index in [0.717, 1.165) is 10.9 Å². The molecule has 30 heavy (non-hydrogen) atoms. The second-order valence-electron chi connectivity index (χ2n) is 6.45. The van der Waals surface area contributed by atoms with Gasteiger partial charge in [-0.3, -0.25) is 4.79 Å². The summed E-state index contributed by atoms with van der Waals surface area (Å²) in [5.41, 5.74) is 2.27. The summed E-state index contributed by atoms with van der Waals surface area (Å²) in [4.78, 5) is 12.9. The van der Waals surface area contributed by atoms with Crippen molar-refractivity contribution < 1.29 is 13.9 Å². The number of ether oxygens (including phenoxy) is 1. The lowest BCUT2D eigenvalue weighted by Gasteiger charge is -2.03. The van der Waals surface area contributed by atoms with Gasteiger partial charge in [0.25, 0.3) is 11.1 Å². The van der Waals surface area contributed by atoms with Gasteiger partial charge in [0, 0.05) is 29.2 Å². The molecule has 0 spiro atoms. The zero-order valence-electron chi connectivity index (χ0n) is 16.2. The normalized spacial score (nSPS) is 10.8. The van der Waals surface area contributed by atoms with Gasteiger partial charge < -0.3 is 13.7 Å². The molecule has 0 N–H and O–H groups in total. The molecule has 2 heterocycles. The van der Waals surface area contributed by atoms with Crippen LogP contribution in [0.4, 0.5) is 0 Å². The van der Waals surface area contributed by atoms with Crippen LogP contribution in [0.15, 0.2) is 64.4 Å². The van der Waals surface area contributed by atoms with Crippen molar-refractivity contribution in [2.24, 2.45) is 0 Å². The van der Waals surface area contributed by atoms with Gasteiger partial charge in [-0.2, -0.15) is 5.26 Å². The number of Topliss-reactive ketones (excluding diaryl/α,β-unsaturated/α-hetero) is 1. The Kier molecular flexibility index (Phi) is 5.82. The molecule has 0 fully saturated rings. The molecule has 0 radical (unpaired) electrons. The van der Waals surface area contributed by atoms with Crippen LogP contribution in [0.3, 0.4) is 0 Å². The first-order chi connectivity index (χ1) is 14.7. The molecule has 2 aromatic heterocycles. The van der Waals surface area contributed by atoms with Crippen LogP contribution in [0.1, 0.15) is 16.8 Å². The molecule has 4 rings (SSSR count). The van der Waals surface area contributed by atoms with Crippen LogP contribution in [0.25, 0.3) is 22.4 Å². The van der Waals surface area contributed by atoms with Crippen LogP contribution in [0.2, 0.25) is 0 Å². The van der Waals surface area contributed by atoms with Gasteiger partial charge in [-0.25, -0.2) is 0 Å². The molecule has 0 aliphatic carbocycles. The van der Waals surface area contributed by atoms with Gasteiger partial charge in [0.1, 0.15) is 5.75 Å². The number of thioether (sulfide) groups is 1. The highest BCUT2D eigenvalue weighted by atomic mass is 32.2. The van der Waals surface area contributed by atoms with Gasteiger partial charge in [0.05, 0.1) is 30.9 Å². The summed E-state index contributed by atoms with van der Waals surface area (Å²) < 4.78 is 13.0. The molecule has 0 atom stereocenters. The molecule has 0 saturated heterocycles. The standard InChI is InChI=1S/C22H18N4O3S/c1-28-20-10-5-3-8-16(20)21-24-25-22(29-21)30-14-19(27)17-13-26(12-6-11-23)18-9-4-2-7-15(17)18/h2-5,7-10,13H,6,12,14H2,1H3. The molecule has 0 aliphatic rings. The first-order valence-corrected chi connectivity index (χ1v) is 10.3. The van der Waals surface area contributed by atoms with Gasteiger partial charge >= 0.3 is 0 Å². The van der Waals surface area contributed by atoms with E-state index in [9.17, 15) is 4.79 Å². The third-order valence-corrected chi connectivity index (χ3v) is 5.44. The molecular weight excluding hydrogens is 400 g/mol. The fourth-order valence-corrected chi connectivity index (χ4v) is 3.87. The van der Waals surface area contributed by atoms with Gasteiger partial charge in [-0.05, 0) is 18.2 Å². The van der Waals surface area contributed by atoms with Gasteiger partial charge in [-0.1, -0.05) is 42.1 Å². The number of methoxy groups -OCH3 is 1. The SMILES string of the molecule is COc1ccccc1-c1nnc(SCC(=O)c2cn(CCC#N)c3ccccc23)o1. The Balaban J connectivity index is 1.51. The van der Waals surface area contributed by atoms with Crippen molar-refractivity contribution in [2.75, 3.05) is 12.9 Å². The lowest BCUT2D eigenvalue weighted by Crippen LogP contribution is -2.02. The molecule has 8 heteroatoms. The molecule has 0 bridgehead atoms. The highest BCUT2D eigenvalue weighted by Gasteiger charge is 2.18. The van der Waals surface area contributed by atoms with E-state index in [1.54, 1.807) is 7.11 Å². The Bertz CT molecular complexity index is 1240. The van der Waals surface area contributed by atoms with Gasteiger partial charge in [0.15, 0.2) is 5.78 Å². The number of aromatic nitrogens is 3. The fourth-order valence-electron chi connectivity index (χ4n) is 3.23. The van der Waals surface area contributed by atoms with E-state index < -0.39 is 0 Å². The maximum atomic E-state index is 12.9. The van der Waals surface area contributed by atoms with E-state index in [2.05, 4.69) is 16.3 Å². The largest absolute Gasteiger partial charge is 0.496 e. The number of nitrogens with zero attached hydrogens (tertiary/aromatic N) is 4. The number of aryl methyl sites for hydroxylation is 1. The van der Waals surface area contributed by atoms with Crippen molar-refractivity contribution in [3.05, 3.63) is 60.3 Å². The molecule has 7 nitrogen and oxygen atoms in total. The summed E-state index contributed by atoms with van der Waals surface area (Å²) in [6.45, 7) is 0.545. The zero-order chi connectivity index (χ0) is 20.9. The van der Waals surface area contributed by atoms with E-state index in [0.29, 0.717) is 41.0 Å². The van der Waals surface area contributed by atoms with Crippen LogP contribution in [-0.2, 0) is 6.54 Å². The summed E-state index contributed by atoms with van der Waals surface area (Å²) in [5.74, 6) is 1.11. The summed E-state index contributed by atoms with van der Waals surface area (Å²) in [5, 5.41) is 18.2. The number of nitriles is 1. The number of hydrogen-bond donors (Lipinski definition) is 0. The monoisotopic (exact) mass is 418 g/mol. The molecule has 0 saturated carbocycles. The van der Waals surface area contributed by atoms with Crippen molar-refractivity contribution in [3.8, 4) is 23.3 Å². The second-order valence-corrected chi connectivity index (χ2v) is 7.37. The molecule has 0 aliphatic heterocycles. The number of benzene rings is 2. The number of ketones is 1.